The Balaban J connectivity index is 1.06. The monoisotopic (exact) mass is 957 g/mol. The SMILES string of the molecule is c1ccc(N(c2ccc3c4ccccc4n(-c4ccccc4)c3c2)c2cc(N(c3ccccc3)c3ccc4c5ccccc5n(-c5ccccc5)c4c3)c3c4ccccc4n(-c4ccc5ccccc5c4)c3c2)cc1. The van der Waals surface area contributed by atoms with Gasteiger partial charge in [0, 0.05) is 72.1 Å². The van der Waals surface area contributed by atoms with Gasteiger partial charge in [-0.2, -0.15) is 0 Å². The Kier molecular flexibility index (Phi) is 9.82. The summed E-state index contributed by atoms with van der Waals surface area (Å²) in [4.78, 5) is 4.92. The minimum atomic E-state index is 1.02. The van der Waals surface area contributed by atoms with Crippen molar-refractivity contribution in [2.24, 2.45) is 0 Å². The van der Waals surface area contributed by atoms with Gasteiger partial charge in [-0.15, -0.1) is 0 Å². The van der Waals surface area contributed by atoms with E-state index >= 15 is 0 Å². The average Bonchev–Trinajstić information content (AvgIpc) is 4.18. The Bertz CT molecular complexity index is 4650. The molecule has 12 aromatic carbocycles. The highest BCUT2D eigenvalue weighted by atomic mass is 15.2. The van der Waals surface area contributed by atoms with Crippen LogP contribution in [0.25, 0.3) is 93.3 Å². The van der Waals surface area contributed by atoms with E-state index in [1.807, 2.05) is 0 Å². The van der Waals surface area contributed by atoms with E-state index in [2.05, 4.69) is 309 Å². The molecule has 5 nitrogen and oxygen atoms in total. The van der Waals surface area contributed by atoms with Gasteiger partial charge >= 0.3 is 0 Å². The van der Waals surface area contributed by atoms with Gasteiger partial charge in [-0.25, -0.2) is 0 Å². The molecule has 0 radical (unpaired) electrons. The number of anilines is 6. The van der Waals surface area contributed by atoms with Gasteiger partial charge in [0.1, 0.15) is 0 Å². The van der Waals surface area contributed by atoms with Crippen molar-refractivity contribution in [2.75, 3.05) is 9.80 Å². The van der Waals surface area contributed by atoms with Crippen molar-refractivity contribution in [1.82, 2.24) is 13.7 Å². The summed E-state index contributed by atoms with van der Waals surface area (Å²) in [7, 11) is 0. The molecular weight excluding hydrogens is 911 g/mol. The zero-order valence-corrected chi connectivity index (χ0v) is 40.9. The maximum atomic E-state index is 2.48. The fourth-order valence-corrected chi connectivity index (χ4v) is 11.9. The van der Waals surface area contributed by atoms with Gasteiger partial charge in [0.05, 0.1) is 44.5 Å². The second kappa shape index (κ2) is 17.3. The minimum absolute atomic E-state index is 1.02. The molecule has 0 fully saturated rings. The minimum Gasteiger partial charge on any atom is -0.310 e. The van der Waals surface area contributed by atoms with Gasteiger partial charge in [-0.1, -0.05) is 170 Å². The molecule has 0 aliphatic carbocycles. The van der Waals surface area contributed by atoms with Crippen LogP contribution in [-0.2, 0) is 0 Å². The first-order valence-corrected chi connectivity index (χ1v) is 25.7. The van der Waals surface area contributed by atoms with Crippen molar-refractivity contribution < 1.29 is 0 Å². The average molecular weight is 958 g/mol. The largest absolute Gasteiger partial charge is 0.310 e. The van der Waals surface area contributed by atoms with Crippen LogP contribution in [0.2, 0.25) is 0 Å². The van der Waals surface area contributed by atoms with Crippen molar-refractivity contribution in [3.8, 4) is 17.1 Å². The van der Waals surface area contributed by atoms with E-state index in [0.717, 1.165) is 78.6 Å². The van der Waals surface area contributed by atoms with Crippen molar-refractivity contribution in [3.63, 3.8) is 0 Å². The summed E-state index contributed by atoms with van der Waals surface area (Å²) >= 11 is 0. The first-order valence-electron chi connectivity index (χ1n) is 25.7. The highest BCUT2D eigenvalue weighted by Gasteiger charge is 2.27. The molecule has 15 rings (SSSR count). The van der Waals surface area contributed by atoms with Crippen LogP contribution in [-0.4, -0.2) is 13.7 Å². The maximum Gasteiger partial charge on any atom is 0.0583 e. The van der Waals surface area contributed by atoms with E-state index in [0.29, 0.717) is 0 Å². The number of para-hydroxylation sites is 7. The Morgan fingerprint density at radius 2 is 0.627 bits per heavy atom. The number of benzene rings is 12. The fourth-order valence-electron chi connectivity index (χ4n) is 11.9. The number of hydrogen-bond acceptors (Lipinski definition) is 2. The van der Waals surface area contributed by atoms with Crippen LogP contribution in [0, 0.1) is 0 Å². The third kappa shape index (κ3) is 6.86. The molecule has 0 aliphatic heterocycles. The highest BCUT2D eigenvalue weighted by molar-refractivity contribution is 6.19. The quantitative estimate of drug-likeness (QED) is 0.144. The molecule has 5 heteroatoms. The molecule has 3 aromatic heterocycles. The van der Waals surface area contributed by atoms with Crippen LogP contribution in [0.4, 0.5) is 34.1 Å². The normalized spacial score (nSPS) is 11.7. The van der Waals surface area contributed by atoms with E-state index in [1.165, 1.54) is 48.7 Å². The Labute approximate surface area is 433 Å². The van der Waals surface area contributed by atoms with Crippen LogP contribution in [0.1, 0.15) is 0 Å². The van der Waals surface area contributed by atoms with E-state index in [-0.39, 0.29) is 0 Å². The summed E-state index contributed by atoms with van der Waals surface area (Å²) in [5.41, 5.74) is 16.5. The van der Waals surface area contributed by atoms with Crippen LogP contribution in [0.5, 0.6) is 0 Å². The molecule has 352 valence electrons. The third-order valence-electron chi connectivity index (χ3n) is 15.1. The maximum absolute atomic E-state index is 2.48. The second-order valence-electron chi connectivity index (χ2n) is 19.4. The standard InChI is InChI=1S/C70H47N5/c1-5-23-50(24-6-1)71(55-39-41-60-58-31-15-18-34-63(58)73(66(60)44-55)52-27-9-3-10-28-52)57-46-68(70-62-33-17-20-36-65(62)75(69(70)47-57)54-38-37-48-21-13-14-22-49(48)43-54)72(51-25-7-2-8-26-51)56-40-42-61-59-32-16-19-35-64(59)74(67(61)45-56)53-29-11-4-12-30-53/h1-47H. The lowest BCUT2D eigenvalue weighted by Crippen LogP contribution is -2.14. The molecule has 0 saturated heterocycles. The molecule has 0 amide bonds. The summed E-state index contributed by atoms with van der Waals surface area (Å²) in [5, 5.41) is 9.58. The number of rotatable bonds is 9. The molecule has 0 unspecified atom stereocenters. The highest BCUT2D eigenvalue weighted by Crippen LogP contribution is 2.50. The summed E-state index contributed by atoms with van der Waals surface area (Å²) < 4.78 is 7.30. The van der Waals surface area contributed by atoms with Crippen LogP contribution in [0.3, 0.4) is 0 Å². The Morgan fingerprint density at radius 1 is 0.213 bits per heavy atom. The Morgan fingerprint density at radius 3 is 1.20 bits per heavy atom. The third-order valence-corrected chi connectivity index (χ3v) is 15.1. The van der Waals surface area contributed by atoms with Crippen molar-refractivity contribution in [1.29, 1.82) is 0 Å². The van der Waals surface area contributed by atoms with Gasteiger partial charge in [0.15, 0.2) is 0 Å². The van der Waals surface area contributed by atoms with Gasteiger partial charge < -0.3 is 23.5 Å². The van der Waals surface area contributed by atoms with Crippen molar-refractivity contribution in [2.45, 2.75) is 0 Å². The molecule has 0 saturated carbocycles. The summed E-state index contributed by atoms with van der Waals surface area (Å²) in [6, 6.07) is 104. The van der Waals surface area contributed by atoms with E-state index in [1.54, 1.807) is 0 Å². The first-order chi connectivity index (χ1) is 37.2. The number of nitrogens with zero attached hydrogens (tertiary/aromatic N) is 5. The van der Waals surface area contributed by atoms with Crippen LogP contribution < -0.4 is 9.80 Å². The number of fused-ring (bicyclic) bond motifs is 10. The first kappa shape index (κ1) is 42.6. The lowest BCUT2D eigenvalue weighted by Gasteiger charge is -2.30. The van der Waals surface area contributed by atoms with E-state index in [9.17, 15) is 0 Å². The van der Waals surface area contributed by atoms with E-state index < -0.39 is 0 Å². The number of hydrogen-bond donors (Lipinski definition) is 0. The smallest absolute Gasteiger partial charge is 0.0583 e. The molecule has 0 aliphatic rings. The van der Waals surface area contributed by atoms with Crippen LogP contribution >= 0.6 is 0 Å². The van der Waals surface area contributed by atoms with E-state index in [4.69, 9.17) is 0 Å². The fraction of sp³-hybridized carbons (Fsp3) is 0. The lowest BCUT2D eigenvalue weighted by molar-refractivity contribution is 1.17. The zero-order chi connectivity index (χ0) is 49.4. The summed E-state index contributed by atoms with van der Waals surface area (Å²) in [5.74, 6) is 0. The molecule has 0 N–H and O–H groups in total. The number of aromatic nitrogens is 3. The molecule has 0 spiro atoms. The van der Waals surface area contributed by atoms with Crippen LogP contribution in [0.15, 0.2) is 285 Å². The Hall–Kier alpha value is -10.1. The van der Waals surface area contributed by atoms with Gasteiger partial charge in [0.2, 0.25) is 0 Å². The predicted octanol–water partition coefficient (Wildman–Crippen LogP) is 19.1. The summed E-state index contributed by atoms with van der Waals surface area (Å²) in [6.45, 7) is 0. The molecular formula is C70H47N5. The molecule has 75 heavy (non-hydrogen) atoms. The molecule has 0 atom stereocenters. The van der Waals surface area contributed by atoms with Gasteiger partial charge in [-0.05, 0) is 126 Å². The molecule has 15 aromatic rings. The van der Waals surface area contributed by atoms with Gasteiger partial charge in [-0.3, -0.25) is 0 Å². The lowest BCUT2D eigenvalue weighted by atomic mass is 10.0. The van der Waals surface area contributed by atoms with Crippen molar-refractivity contribution in [3.05, 3.63) is 285 Å². The molecule has 0 bridgehead atoms. The predicted molar refractivity (Wildman–Crippen MR) is 316 cm³/mol. The molecule has 3 heterocycles. The zero-order valence-electron chi connectivity index (χ0n) is 40.9. The van der Waals surface area contributed by atoms with Crippen molar-refractivity contribution >= 4 is 110 Å². The second-order valence-corrected chi connectivity index (χ2v) is 19.4. The van der Waals surface area contributed by atoms with Gasteiger partial charge in [0.25, 0.3) is 0 Å². The topological polar surface area (TPSA) is 21.3 Å². The summed E-state index contributed by atoms with van der Waals surface area (Å²) in [6.07, 6.45) is 0.